The number of fused-ring (bicyclic) bond motifs is 7. The molecule has 2 aromatic heterocycles. The fourth-order valence-electron chi connectivity index (χ4n) is 6.92. The number of hydrogen-bond donors (Lipinski definition) is 0. The number of para-hydroxylation sites is 2. The average Bonchev–Trinajstić information content (AvgIpc) is 3.69. The molecule has 9 aromatic rings. The monoisotopic (exact) mass is 560 g/mol. The van der Waals surface area contributed by atoms with Crippen molar-refractivity contribution < 1.29 is 0 Å². The zero-order valence-electron chi connectivity index (χ0n) is 24.1. The van der Waals surface area contributed by atoms with E-state index in [0.29, 0.717) is 0 Å². The molecule has 9 rings (SSSR count). The van der Waals surface area contributed by atoms with Crippen molar-refractivity contribution in [2.24, 2.45) is 0 Å². The van der Waals surface area contributed by atoms with E-state index in [1.165, 1.54) is 71.4 Å². The van der Waals surface area contributed by atoms with Crippen LogP contribution in [0.3, 0.4) is 0 Å². The van der Waals surface area contributed by atoms with Crippen LogP contribution in [0.2, 0.25) is 0 Å². The van der Waals surface area contributed by atoms with Crippen LogP contribution < -0.4 is 0 Å². The van der Waals surface area contributed by atoms with E-state index in [9.17, 15) is 0 Å². The minimum atomic E-state index is 1.15. The summed E-state index contributed by atoms with van der Waals surface area (Å²) in [4.78, 5) is 0. The maximum Gasteiger partial charge on any atom is 0.0607 e. The summed E-state index contributed by atoms with van der Waals surface area (Å²) in [5.74, 6) is 0. The van der Waals surface area contributed by atoms with E-state index in [1.807, 2.05) is 0 Å². The summed E-state index contributed by atoms with van der Waals surface area (Å²) in [6.45, 7) is 0. The van der Waals surface area contributed by atoms with Crippen molar-refractivity contribution in [2.45, 2.75) is 0 Å². The summed E-state index contributed by atoms with van der Waals surface area (Å²) < 4.78 is 4.77. The highest BCUT2D eigenvalue weighted by atomic mass is 15.0. The van der Waals surface area contributed by atoms with Gasteiger partial charge in [-0.15, -0.1) is 0 Å². The fourth-order valence-corrected chi connectivity index (χ4v) is 6.92. The number of aromatic nitrogens is 2. The van der Waals surface area contributed by atoms with Gasteiger partial charge in [-0.25, -0.2) is 0 Å². The Morgan fingerprint density at radius 1 is 0.364 bits per heavy atom. The molecule has 0 unspecified atom stereocenters. The highest BCUT2D eigenvalue weighted by Gasteiger charge is 2.17. The van der Waals surface area contributed by atoms with Gasteiger partial charge < -0.3 is 9.13 Å². The van der Waals surface area contributed by atoms with Crippen molar-refractivity contribution in [2.75, 3.05) is 0 Å². The number of nitrogens with zero attached hydrogens (tertiary/aromatic N) is 2. The molecule has 0 saturated heterocycles. The van der Waals surface area contributed by atoms with Crippen LogP contribution in [0.15, 0.2) is 170 Å². The van der Waals surface area contributed by atoms with Gasteiger partial charge in [0.25, 0.3) is 0 Å². The quantitative estimate of drug-likeness (QED) is 0.203. The Balaban J connectivity index is 1.34. The molecule has 0 saturated carbocycles. The van der Waals surface area contributed by atoms with E-state index in [0.717, 1.165) is 5.69 Å². The standard InChI is InChI=1S/C42H28N2/c1-4-12-29(13-5-1)32-26-33(30-14-6-2-7-15-30)28-35(27-32)43-25-24-31-20-21-36-37(42(31)43)22-23-40-41(36)38-18-10-11-19-39(38)44(40)34-16-8-3-9-17-34/h1-28H. The molecule has 2 nitrogen and oxygen atoms in total. The zero-order chi connectivity index (χ0) is 29.0. The highest BCUT2D eigenvalue weighted by Crippen LogP contribution is 2.40. The third kappa shape index (κ3) is 3.82. The van der Waals surface area contributed by atoms with Gasteiger partial charge in [-0.3, -0.25) is 0 Å². The first-order valence-electron chi connectivity index (χ1n) is 15.1. The Morgan fingerprint density at radius 3 is 1.68 bits per heavy atom. The lowest BCUT2D eigenvalue weighted by Crippen LogP contribution is -1.95. The van der Waals surface area contributed by atoms with Crippen molar-refractivity contribution in [3.05, 3.63) is 170 Å². The first-order chi connectivity index (χ1) is 21.8. The molecule has 0 aliphatic rings. The van der Waals surface area contributed by atoms with Gasteiger partial charge in [0.15, 0.2) is 0 Å². The fraction of sp³-hybridized carbons (Fsp3) is 0. The van der Waals surface area contributed by atoms with Crippen molar-refractivity contribution in [3.8, 4) is 33.6 Å². The molecule has 206 valence electrons. The topological polar surface area (TPSA) is 9.86 Å². The Labute approximate surface area is 255 Å². The maximum atomic E-state index is 2.39. The second-order valence-electron chi connectivity index (χ2n) is 11.4. The van der Waals surface area contributed by atoms with Crippen molar-refractivity contribution in [1.82, 2.24) is 9.13 Å². The van der Waals surface area contributed by atoms with Crippen LogP contribution in [0.4, 0.5) is 0 Å². The van der Waals surface area contributed by atoms with Gasteiger partial charge >= 0.3 is 0 Å². The molecule has 0 aliphatic heterocycles. The minimum absolute atomic E-state index is 1.15. The van der Waals surface area contributed by atoms with Crippen molar-refractivity contribution in [1.29, 1.82) is 0 Å². The lowest BCUT2D eigenvalue weighted by atomic mass is 9.97. The molecular formula is C42H28N2. The first-order valence-corrected chi connectivity index (χ1v) is 15.1. The minimum Gasteiger partial charge on any atom is -0.316 e. The molecule has 0 radical (unpaired) electrons. The predicted octanol–water partition coefficient (Wildman–Crippen LogP) is 11.2. The molecule has 0 aliphatic carbocycles. The van der Waals surface area contributed by atoms with Gasteiger partial charge in [-0.1, -0.05) is 115 Å². The van der Waals surface area contributed by atoms with Crippen LogP contribution in [0.5, 0.6) is 0 Å². The second kappa shape index (κ2) is 9.86. The summed E-state index contributed by atoms with van der Waals surface area (Å²) in [6.07, 6.45) is 2.22. The Bertz CT molecular complexity index is 2410. The largest absolute Gasteiger partial charge is 0.316 e. The summed E-state index contributed by atoms with van der Waals surface area (Å²) >= 11 is 0. The Hall–Kier alpha value is -5.86. The molecule has 2 heterocycles. The molecule has 44 heavy (non-hydrogen) atoms. The highest BCUT2D eigenvalue weighted by molar-refractivity contribution is 6.25. The van der Waals surface area contributed by atoms with E-state index in [2.05, 4.69) is 179 Å². The smallest absolute Gasteiger partial charge is 0.0607 e. The van der Waals surface area contributed by atoms with E-state index in [1.54, 1.807) is 0 Å². The molecule has 0 fully saturated rings. The van der Waals surface area contributed by atoms with Gasteiger partial charge in [-0.05, 0) is 76.2 Å². The second-order valence-corrected chi connectivity index (χ2v) is 11.4. The molecule has 0 spiro atoms. The van der Waals surface area contributed by atoms with Crippen molar-refractivity contribution >= 4 is 43.5 Å². The number of rotatable bonds is 4. The van der Waals surface area contributed by atoms with Gasteiger partial charge in [0.1, 0.15) is 0 Å². The number of hydrogen-bond acceptors (Lipinski definition) is 0. The van der Waals surface area contributed by atoms with Crippen molar-refractivity contribution in [3.63, 3.8) is 0 Å². The first kappa shape index (κ1) is 24.7. The van der Waals surface area contributed by atoms with Gasteiger partial charge in [0.05, 0.1) is 16.6 Å². The van der Waals surface area contributed by atoms with Crippen LogP contribution in [0.1, 0.15) is 0 Å². The summed E-state index contributed by atoms with van der Waals surface area (Å²) in [5, 5.41) is 6.31. The van der Waals surface area contributed by atoms with Crippen LogP contribution in [-0.4, -0.2) is 9.13 Å². The Kier molecular flexibility index (Phi) is 5.54. The normalized spacial score (nSPS) is 11.6. The lowest BCUT2D eigenvalue weighted by molar-refractivity contribution is 1.13. The molecule has 0 amide bonds. The van der Waals surface area contributed by atoms with Crippen LogP contribution in [0.25, 0.3) is 77.1 Å². The molecule has 2 heteroatoms. The van der Waals surface area contributed by atoms with Gasteiger partial charge in [0.2, 0.25) is 0 Å². The van der Waals surface area contributed by atoms with Gasteiger partial charge in [0, 0.05) is 39.1 Å². The van der Waals surface area contributed by atoms with Crippen LogP contribution in [0, 0.1) is 0 Å². The van der Waals surface area contributed by atoms with E-state index in [4.69, 9.17) is 0 Å². The summed E-state index contributed by atoms with van der Waals surface area (Å²) in [6, 6.07) is 59.2. The maximum absolute atomic E-state index is 2.39. The summed E-state index contributed by atoms with van der Waals surface area (Å²) in [5.41, 5.74) is 10.8. The van der Waals surface area contributed by atoms with Crippen LogP contribution >= 0.6 is 0 Å². The Morgan fingerprint density at radius 2 is 0.977 bits per heavy atom. The molecule has 0 N–H and O–H groups in total. The SMILES string of the molecule is c1ccc(-c2cc(-c3ccccc3)cc(-n3ccc4ccc5c(ccc6c5c5ccccc5n6-c5ccccc5)c43)c2)cc1. The van der Waals surface area contributed by atoms with E-state index >= 15 is 0 Å². The van der Waals surface area contributed by atoms with Crippen LogP contribution in [-0.2, 0) is 0 Å². The third-order valence-corrected chi connectivity index (χ3v) is 8.91. The van der Waals surface area contributed by atoms with E-state index < -0.39 is 0 Å². The lowest BCUT2D eigenvalue weighted by Gasteiger charge is -2.14. The average molecular weight is 561 g/mol. The van der Waals surface area contributed by atoms with E-state index in [-0.39, 0.29) is 0 Å². The molecule has 0 atom stereocenters. The molecule has 7 aromatic carbocycles. The zero-order valence-corrected chi connectivity index (χ0v) is 24.1. The number of benzene rings is 7. The summed E-state index contributed by atoms with van der Waals surface area (Å²) in [7, 11) is 0. The molecule has 0 bridgehead atoms. The van der Waals surface area contributed by atoms with Gasteiger partial charge in [-0.2, -0.15) is 0 Å². The predicted molar refractivity (Wildman–Crippen MR) is 186 cm³/mol. The molecular weight excluding hydrogens is 532 g/mol. The third-order valence-electron chi connectivity index (χ3n) is 8.91.